The fourth-order valence-electron chi connectivity index (χ4n) is 3.21. The predicted octanol–water partition coefficient (Wildman–Crippen LogP) is 0.689. The van der Waals surface area contributed by atoms with Crippen LogP contribution >= 0.6 is 0 Å². The highest BCUT2D eigenvalue weighted by molar-refractivity contribution is 5.20. The summed E-state index contributed by atoms with van der Waals surface area (Å²) in [5.41, 5.74) is 0.740. The molecule has 3 aliphatic rings. The first-order valence-corrected chi connectivity index (χ1v) is 5.20. The van der Waals surface area contributed by atoms with Crippen LogP contribution in [-0.2, 0) is 0 Å². The minimum atomic E-state index is 0.740. The molecule has 0 aromatic carbocycles. The van der Waals surface area contributed by atoms with Crippen LogP contribution in [0.5, 0.6) is 0 Å². The number of likely N-dealkylation sites (tertiary alicyclic amines) is 1. The Balaban J connectivity index is 1.79. The Bertz CT molecular complexity index is 214. The molecule has 2 aliphatic heterocycles. The summed E-state index contributed by atoms with van der Waals surface area (Å²) in [6, 6.07) is 1.58. The average molecular weight is 166 g/mol. The van der Waals surface area contributed by atoms with Gasteiger partial charge < -0.3 is 5.32 Å². The normalized spacial score (nSPS) is 51.2. The molecule has 1 saturated carbocycles. The molecule has 2 saturated heterocycles. The summed E-state index contributed by atoms with van der Waals surface area (Å²) in [6.45, 7) is 8.60. The zero-order valence-electron chi connectivity index (χ0n) is 8.01. The first kappa shape index (κ1) is 7.34. The highest BCUT2D eigenvalue weighted by Crippen LogP contribution is 2.61. The van der Waals surface area contributed by atoms with E-state index in [1.165, 1.54) is 26.1 Å². The summed E-state index contributed by atoms with van der Waals surface area (Å²) < 4.78 is 0. The minimum Gasteiger partial charge on any atom is -0.312 e. The molecule has 1 spiro atoms. The lowest BCUT2D eigenvalue weighted by atomic mass is 10.0. The lowest BCUT2D eigenvalue weighted by molar-refractivity contribution is 0.254. The van der Waals surface area contributed by atoms with Gasteiger partial charge in [0.2, 0.25) is 0 Å². The first-order chi connectivity index (χ1) is 5.72. The molecule has 3 rings (SSSR count). The Morgan fingerprint density at radius 2 is 2.33 bits per heavy atom. The van der Waals surface area contributed by atoms with Crippen molar-refractivity contribution < 1.29 is 0 Å². The number of piperidine rings is 1. The first-order valence-electron chi connectivity index (χ1n) is 5.20. The van der Waals surface area contributed by atoms with Crippen molar-refractivity contribution in [3.63, 3.8) is 0 Å². The molecule has 12 heavy (non-hydrogen) atoms. The van der Waals surface area contributed by atoms with Crippen molar-refractivity contribution in [2.75, 3.05) is 19.6 Å². The standard InChI is InChI=1S/C10H18N2/c1-7(2)12-5-9-10(6-12)3-8(10)4-11-9/h7-9,11H,3-6H2,1-2H3/t8?,9-,10?/m0/s1. The number of hydrogen-bond donors (Lipinski definition) is 1. The van der Waals surface area contributed by atoms with E-state index in [0.717, 1.165) is 23.4 Å². The molecule has 0 radical (unpaired) electrons. The van der Waals surface area contributed by atoms with E-state index in [-0.39, 0.29) is 0 Å². The second kappa shape index (κ2) is 2.05. The third-order valence-corrected chi connectivity index (χ3v) is 4.23. The maximum absolute atomic E-state index is 3.65. The van der Waals surface area contributed by atoms with Crippen LogP contribution < -0.4 is 5.32 Å². The van der Waals surface area contributed by atoms with Gasteiger partial charge in [0.05, 0.1) is 0 Å². The van der Waals surface area contributed by atoms with Crippen molar-refractivity contribution in [3.8, 4) is 0 Å². The van der Waals surface area contributed by atoms with E-state index < -0.39 is 0 Å². The van der Waals surface area contributed by atoms with Crippen molar-refractivity contribution in [2.45, 2.75) is 32.4 Å². The minimum absolute atomic E-state index is 0.740. The van der Waals surface area contributed by atoms with Gasteiger partial charge in [-0.05, 0) is 32.7 Å². The van der Waals surface area contributed by atoms with E-state index >= 15 is 0 Å². The lowest BCUT2D eigenvalue weighted by Crippen LogP contribution is -2.34. The maximum atomic E-state index is 3.65. The van der Waals surface area contributed by atoms with E-state index in [9.17, 15) is 0 Å². The average Bonchev–Trinajstić information content (AvgIpc) is 2.45. The van der Waals surface area contributed by atoms with Crippen molar-refractivity contribution in [1.29, 1.82) is 0 Å². The third-order valence-electron chi connectivity index (χ3n) is 4.23. The molecule has 1 aliphatic carbocycles. The summed E-state index contributed by atoms with van der Waals surface area (Å²) >= 11 is 0. The van der Waals surface area contributed by atoms with Gasteiger partial charge in [-0.15, -0.1) is 0 Å². The lowest BCUT2D eigenvalue weighted by Gasteiger charge is -2.20. The Kier molecular flexibility index (Phi) is 1.25. The zero-order valence-corrected chi connectivity index (χ0v) is 8.01. The molecule has 0 amide bonds. The fraction of sp³-hybridized carbons (Fsp3) is 1.00. The number of hydrogen-bond acceptors (Lipinski definition) is 2. The molecule has 2 heteroatoms. The van der Waals surface area contributed by atoms with Crippen LogP contribution in [0.1, 0.15) is 20.3 Å². The van der Waals surface area contributed by atoms with Gasteiger partial charge in [0.25, 0.3) is 0 Å². The zero-order chi connectivity index (χ0) is 8.34. The van der Waals surface area contributed by atoms with Crippen LogP contribution in [0.25, 0.3) is 0 Å². The van der Waals surface area contributed by atoms with E-state index in [2.05, 4.69) is 24.1 Å². The summed E-state index contributed by atoms with van der Waals surface area (Å²) in [6.07, 6.45) is 1.51. The maximum Gasteiger partial charge on any atom is 0.0267 e. The molecule has 0 aromatic rings. The van der Waals surface area contributed by atoms with Crippen molar-refractivity contribution in [1.82, 2.24) is 10.2 Å². The Morgan fingerprint density at radius 1 is 1.50 bits per heavy atom. The molecular formula is C10H18N2. The van der Waals surface area contributed by atoms with Crippen molar-refractivity contribution in [2.24, 2.45) is 11.3 Å². The molecule has 2 heterocycles. The smallest absolute Gasteiger partial charge is 0.0267 e. The molecule has 3 fully saturated rings. The highest BCUT2D eigenvalue weighted by Gasteiger charge is 2.66. The number of nitrogens with one attached hydrogen (secondary N) is 1. The van der Waals surface area contributed by atoms with Crippen LogP contribution in [0.2, 0.25) is 0 Å². The SMILES string of the molecule is CC(C)N1C[C@@H]2NCC3CC32C1. The van der Waals surface area contributed by atoms with Crippen molar-refractivity contribution >= 4 is 0 Å². The van der Waals surface area contributed by atoms with Gasteiger partial charge in [0, 0.05) is 30.6 Å². The summed E-state index contributed by atoms with van der Waals surface area (Å²) in [5.74, 6) is 1.03. The molecule has 1 N–H and O–H groups in total. The third kappa shape index (κ3) is 0.728. The van der Waals surface area contributed by atoms with Gasteiger partial charge in [-0.3, -0.25) is 4.90 Å². The number of nitrogens with zero attached hydrogens (tertiary/aromatic N) is 1. The highest BCUT2D eigenvalue weighted by atomic mass is 15.3. The van der Waals surface area contributed by atoms with E-state index in [4.69, 9.17) is 0 Å². The molecule has 2 nitrogen and oxygen atoms in total. The topological polar surface area (TPSA) is 15.3 Å². The fourth-order valence-corrected chi connectivity index (χ4v) is 3.21. The second-order valence-corrected chi connectivity index (χ2v) is 5.12. The summed E-state index contributed by atoms with van der Waals surface area (Å²) in [7, 11) is 0. The Labute approximate surface area is 74.3 Å². The monoisotopic (exact) mass is 166 g/mol. The van der Waals surface area contributed by atoms with Crippen LogP contribution in [0.3, 0.4) is 0 Å². The molecular weight excluding hydrogens is 148 g/mol. The van der Waals surface area contributed by atoms with Gasteiger partial charge in [-0.2, -0.15) is 0 Å². The van der Waals surface area contributed by atoms with Gasteiger partial charge in [0.15, 0.2) is 0 Å². The number of rotatable bonds is 1. The van der Waals surface area contributed by atoms with E-state index in [1.807, 2.05) is 0 Å². The molecule has 3 atom stereocenters. The molecule has 0 aromatic heterocycles. The molecule has 2 unspecified atom stereocenters. The van der Waals surface area contributed by atoms with Gasteiger partial charge >= 0.3 is 0 Å². The Hall–Kier alpha value is -0.0800. The van der Waals surface area contributed by atoms with Crippen LogP contribution in [0, 0.1) is 11.3 Å². The van der Waals surface area contributed by atoms with Crippen LogP contribution in [-0.4, -0.2) is 36.6 Å². The second-order valence-electron chi connectivity index (χ2n) is 5.12. The summed E-state index contributed by atoms with van der Waals surface area (Å²) in [5, 5.41) is 3.65. The van der Waals surface area contributed by atoms with Crippen LogP contribution in [0.4, 0.5) is 0 Å². The van der Waals surface area contributed by atoms with Crippen LogP contribution in [0.15, 0.2) is 0 Å². The molecule has 68 valence electrons. The quantitative estimate of drug-likeness (QED) is 0.616. The van der Waals surface area contributed by atoms with Gasteiger partial charge in [0.1, 0.15) is 0 Å². The van der Waals surface area contributed by atoms with Gasteiger partial charge in [-0.1, -0.05) is 0 Å². The Morgan fingerprint density at radius 3 is 2.92 bits per heavy atom. The largest absolute Gasteiger partial charge is 0.312 e. The van der Waals surface area contributed by atoms with Crippen molar-refractivity contribution in [3.05, 3.63) is 0 Å². The molecule has 0 bridgehead atoms. The predicted molar refractivity (Wildman–Crippen MR) is 49.0 cm³/mol. The van der Waals surface area contributed by atoms with Gasteiger partial charge in [-0.25, -0.2) is 0 Å². The van der Waals surface area contributed by atoms with E-state index in [1.54, 1.807) is 0 Å². The summed E-state index contributed by atoms with van der Waals surface area (Å²) in [4.78, 5) is 2.64. The van der Waals surface area contributed by atoms with E-state index in [0.29, 0.717) is 0 Å².